The highest BCUT2D eigenvalue weighted by Gasteiger charge is 2.27. The number of benzene rings is 2. The predicted octanol–water partition coefficient (Wildman–Crippen LogP) is 2.10. The third-order valence-corrected chi connectivity index (χ3v) is 6.32. The molecular weight excluding hydrogens is 456 g/mol. The van der Waals surface area contributed by atoms with Crippen LogP contribution in [0.25, 0.3) is 16.5 Å². The van der Waals surface area contributed by atoms with E-state index in [1.165, 1.54) is 16.4 Å². The molecule has 1 aliphatic heterocycles. The molecule has 1 fully saturated rings. The Balaban J connectivity index is 1.37. The van der Waals surface area contributed by atoms with Crippen molar-refractivity contribution in [3.8, 4) is 5.69 Å². The summed E-state index contributed by atoms with van der Waals surface area (Å²) < 4.78 is 2.46. The highest BCUT2D eigenvalue weighted by atomic mass is 35.5. The molecule has 1 saturated heterocycles. The Morgan fingerprint density at radius 2 is 1.53 bits per heavy atom. The zero-order chi connectivity index (χ0) is 23.8. The molecule has 1 aliphatic rings. The van der Waals surface area contributed by atoms with Crippen LogP contribution in [-0.4, -0.2) is 56.5 Å². The van der Waals surface area contributed by atoms with E-state index < -0.39 is 5.56 Å². The van der Waals surface area contributed by atoms with Crippen molar-refractivity contribution in [2.45, 2.75) is 0 Å². The van der Waals surface area contributed by atoms with Crippen molar-refractivity contribution < 1.29 is 4.79 Å². The molecule has 10 heteroatoms. The standard InChI is InChI=1S/C24H21ClN6O3/c1-28-22(32)18-10-6-5-9-17(18)21(27-28)24(34)30-13-11-29(12-14-30)19-15-26-31(23(33)20(19)25)16-7-3-2-4-8-16/h2-10,15H,11-14H2,1H3. The zero-order valence-electron chi connectivity index (χ0n) is 18.4. The summed E-state index contributed by atoms with van der Waals surface area (Å²) in [5, 5.41) is 9.62. The number of piperazine rings is 1. The second-order valence-corrected chi connectivity index (χ2v) is 8.38. The van der Waals surface area contributed by atoms with E-state index in [0.29, 0.717) is 48.3 Å². The van der Waals surface area contributed by atoms with E-state index in [2.05, 4.69) is 10.2 Å². The fraction of sp³-hybridized carbons (Fsp3) is 0.208. The van der Waals surface area contributed by atoms with Gasteiger partial charge in [-0.3, -0.25) is 14.4 Å². The van der Waals surface area contributed by atoms with Gasteiger partial charge in [0.1, 0.15) is 5.02 Å². The van der Waals surface area contributed by atoms with Crippen LogP contribution in [0.3, 0.4) is 0 Å². The molecule has 0 atom stereocenters. The van der Waals surface area contributed by atoms with Crippen LogP contribution in [0.15, 0.2) is 70.4 Å². The first-order chi connectivity index (χ1) is 16.5. The van der Waals surface area contributed by atoms with Crippen LogP contribution in [-0.2, 0) is 7.05 Å². The minimum atomic E-state index is -0.398. The van der Waals surface area contributed by atoms with Gasteiger partial charge in [0.25, 0.3) is 17.0 Å². The summed E-state index contributed by atoms with van der Waals surface area (Å²) >= 11 is 6.44. The summed E-state index contributed by atoms with van der Waals surface area (Å²) in [5.41, 5.74) is 0.774. The first kappa shape index (κ1) is 21.8. The van der Waals surface area contributed by atoms with Crippen LogP contribution in [0.1, 0.15) is 10.5 Å². The molecule has 1 amide bonds. The number of amides is 1. The second kappa shape index (κ2) is 8.75. The lowest BCUT2D eigenvalue weighted by Crippen LogP contribution is -2.49. The molecule has 0 saturated carbocycles. The van der Waals surface area contributed by atoms with Gasteiger partial charge in [-0.25, -0.2) is 4.68 Å². The number of nitrogens with zero attached hydrogens (tertiary/aromatic N) is 6. The Labute approximate surface area is 199 Å². The highest BCUT2D eigenvalue weighted by molar-refractivity contribution is 6.33. The third kappa shape index (κ3) is 3.73. The first-order valence-electron chi connectivity index (χ1n) is 10.8. The summed E-state index contributed by atoms with van der Waals surface area (Å²) in [6.45, 7) is 1.78. The van der Waals surface area contributed by atoms with Gasteiger partial charge in [0, 0.05) is 38.6 Å². The number of fused-ring (bicyclic) bond motifs is 1. The Hall–Kier alpha value is -3.98. The van der Waals surface area contributed by atoms with Crippen molar-refractivity contribution in [2.24, 2.45) is 7.05 Å². The molecule has 0 unspecified atom stereocenters. The monoisotopic (exact) mass is 476 g/mol. The SMILES string of the molecule is Cn1nc(C(=O)N2CCN(c3cnn(-c4ccccc4)c(=O)c3Cl)CC2)c2ccccc2c1=O. The number of carbonyl (C=O) groups is 1. The molecule has 0 N–H and O–H groups in total. The van der Waals surface area contributed by atoms with Crippen molar-refractivity contribution in [1.82, 2.24) is 24.5 Å². The molecule has 172 valence electrons. The Morgan fingerprint density at radius 3 is 2.24 bits per heavy atom. The van der Waals surface area contributed by atoms with Gasteiger partial charge in [-0.05, 0) is 18.2 Å². The molecule has 5 rings (SSSR count). The maximum Gasteiger partial charge on any atom is 0.292 e. The van der Waals surface area contributed by atoms with E-state index in [4.69, 9.17) is 11.6 Å². The highest BCUT2D eigenvalue weighted by Crippen LogP contribution is 2.24. The maximum atomic E-state index is 13.3. The molecule has 2 aromatic heterocycles. The molecule has 0 spiro atoms. The number of halogens is 1. The van der Waals surface area contributed by atoms with Gasteiger partial charge in [0.2, 0.25) is 0 Å². The van der Waals surface area contributed by atoms with Crippen molar-refractivity contribution in [2.75, 3.05) is 31.1 Å². The lowest BCUT2D eigenvalue weighted by atomic mass is 10.1. The minimum absolute atomic E-state index is 0.0874. The van der Waals surface area contributed by atoms with Crippen LogP contribution >= 0.6 is 11.6 Å². The lowest BCUT2D eigenvalue weighted by Gasteiger charge is -2.36. The lowest BCUT2D eigenvalue weighted by molar-refractivity contribution is 0.0740. The first-order valence-corrected chi connectivity index (χ1v) is 11.2. The van der Waals surface area contributed by atoms with E-state index in [-0.39, 0.29) is 22.2 Å². The van der Waals surface area contributed by atoms with Gasteiger partial charge in [-0.1, -0.05) is 48.0 Å². The zero-order valence-corrected chi connectivity index (χ0v) is 19.1. The van der Waals surface area contributed by atoms with Gasteiger partial charge in [0.15, 0.2) is 5.69 Å². The molecule has 0 aliphatic carbocycles. The van der Waals surface area contributed by atoms with E-state index in [1.807, 2.05) is 23.1 Å². The number of hydrogen-bond donors (Lipinski definition) is 0. The van der Waals surface area contributed by atoms with Crippen molar-refractivity contribution >= 4 is 34.0 Å². The fourth-order valence-corrected chi connectivity index (χ4v) is 4.40. The summed E-state index contributed by atoms with van der Waals surface area (Å²) in [6, 6.07) is 16.1. The number of aryl methyl sites for hydroxylation is 1. The van der Waals surface area contributed by atoms with Gasteiger partial charge >= 0.3 is 0 Å². The summed E-state index contributed by atoms with van der Waals surface area (Å²) in [7, 11) is 1.54. The molecule has 34 heavy (non-hydrogen) atoms. The van der Waals surface area contributed by atoms with Gasteiger partial charge in [-0.15, -0.1) is 0 Å². The smallest absolute Gasteiger partial charge is 0.292 e. The summed E-state index contributed by atoms with van der Waals surface area (Å²) in [4.78, 5) is 42.1. The topological polar surface area (TPSA) is 93.3 Å². The van der Waals surface area contributed by atoms with E-state index in [0.717, 1.165) is 0 Å². The van der Waals surface area contributed by atoms with Crippen molar-refractivity contribution in [3.05, 3.63) is 92.2 Å². The number of para-hydroxylation sites is 1. The normalized spacial score (nSPS) is 13.9. The number of hydrogen-bond acceptors (Lipinski definition) is 6. The maximum absolute atomic E-state index is 13.3. The van der Waals surface area contributed by atoms with Crippen LogP contribution in [0.4, 0.5) is 5.69 Å². The molecule has 3 heterocycles. The van der Waals surface area contributed by atoms with Crippen LogP contribution in [0, 0.1) is 0 Å². The largest absolute Gasteiger partial charge is 0.365 e. The second-order valence-electron chi connectivity index (χ2n) is 8.00. The van der Waals surface area contributed by atoms with Gasteiger partial charge in [-0.2, -0.15) is 14.9 Å². The Kier molecular flexibility index (Phi) is 5.62. The molecule has 0 radical (unpaired) electrons. The van der Waals surface area contributed by atoms with Crippen molar-refractivity contribution in [1.29, 1.82) is 0 Å². The molecule has 9 nitrogen and oxygen atoms in total. The van der Waals surface area contributed by atoms with E-state index >= 15 is 0 Å². The number of anilines is 1. The number of aromatic nitrogens is 4. The molecule has 0 bridgehead atoms. The summed E-state index contributed by atoms with van der Waals surface area (Å²) in [6.07, 6.45) is 1.58. The average molecular weight is 477 g/mol. The Morgan fingerprint density at radius 1 is 0.882 bits per heavy atom. The number of rotatable bonds is 3. The van der Waals surface area contributed by atoms with E-state index in [1.54, 1.807) is 47.5 Å². The number of carbonyl (C=O) groups excluding carboxylic acids is 1. The minimum Gasteiger partial charge on any atom is -0.365 e. The molecule has 4 aromatic rings. The molecule has 2 aromatic carbocycles. The predicted molar refractivity (Wildman–Crippen MR) is 130 cm³/mol. The van der Waals surface area contributed by atoms with Crippen LogP contribution in [0.5, 0.6) is 0 Å². The van der Waals surface area contributed by atoms with Crippen molar-refractivity contribution in [3.63, 3.8) is 0 Å². The molecular formula is C24H21ClN6O3. The quantitative estimate of drug-likeness (QED) is 0.449. The van der Waals surface area contributed by atoms with E-state index in [9.17, 15) is 14.4 Å². The fourth-order valence-electron chi connectivity index (χ4n) is 4.16. The van der Waals surface area contributed by atoms with Crippen LogP contribution in [0.2, 0.25) is 5.02 Å². The van der Waals surface area contributed by atoms with Crippen LogP contribution < -0.4 is 16.0 Å². The van der Waals surface area contributed by atoms with Gasteiger partial charge < -0.3 is 9.80 Å². The average Bonchev–Trinajstić information content (AvgIpc) is 2.88. The third-order valence-electron chi connectivity index (χ3n) is 5.97. The summed E-state index contributed by atoms with van der Waals surface area (Å²) in [5.74, 6) is -0.241. The van der Waals surface area contributed by atoms with Gasteiger partial charge in [0.05, 0.1) is 23.0 Å². The Bertz CT molecular complexity index is 1510.